The number of hydrogen-bond acceptors (Lipinski definition) is 2. The maximum atomic E-state index is 13.0. The molecular formula is C16H22FN3O. The summed E-state index contributed by atoms with van der Waals surface area (Å²) >= 11 is 0. The van der Waals surface area contributed by atoms with Crippen molar-refractivity contribution in [2.24, 2.45) is 0 Å². The largest absolute Gasteiger partial charge is 0.368 e. The van der Waals surface area contributed by atoms with Crippen LogP contribution >= 0.6 is 0 Å². The summed E-state index contributed by atoms with van der Waals surface area (Å²) in [6.07, 6.45) is 3.49. The predicted molar refractivity (Wildman–Crippen MR) is 81.0 cm³/mol. The van der Waals surface area contributed by atoms with E-state index in [0.29, 0.717) is 0 Å². The summed E-state index contributed by atoms with van der Waals surface area (Å²) < 4.78 is 13.0. The van der Waals surface area contributed by atoms with E-state index >= 15 is 0 Å². The lowest BCUT2D eigenvalue weighted by atomic mass is 10.1. The number of anilines is 1. The summed E-state index contributed by atoms with van der Waals surface area (Å²) in [5.74, 6) is -0.210. The van der Waals surface area contributed by atoms with Crippen molar-refractivity contribution in [3.05, 3.63) is 30.1 Å². The number of nitrogens with zero attached hydrogens (tertiary/aromatic N) is 3. The minimum Gasteiger partial charge on any atom is -0.368 e. The van der Waals surface area contributed by atoms with E-state index in [4.69, 9.17) is 0 Å². The third kappa shape index (κ3) is 3.28. The van der Waals surface area contributed by atoms with E-state index < -0.39 is 0 Å². The first-order valence-corrected chi connectivity index (χ1v) is 7.78. The predicted octanol–water partition coefficient (Wildman–Crippen LogP) is 2.55. The molecule has 2 aliphatic heterocycles. The van der Waals surface area contributed by atoms with Gasteiger partial charge in [-0.3, -0.25) is 0 Å². The number of urea groups is 1. The van der Waals surface area contributed by atoms with Crippen LogP contribution in [0.3, 0.4) is 0 Å². The second kappa shape index (κ2) is 6.33. The van der Waals surface area contributed by atoms with Gasteiger partial charge in [0.05, 0.1) is 0 Å². The third-order valence-corrected chi connectivity index (χ3v) is 4.37. The summed E-state index contributed by atoms with van der Waals surface area (Å²) in [5.41, 5.74) is 1.03. The highest BCUT2D eigenvalue weighted by molar-refractivity contribution is 5.75. The lowest BCUT2D eigenvalue weighted by Crippen LogP contribution is -2.53. The van der Waals surface area contributed by atoms with Gasteiger partial charge in [-0.05, 0) is 43.5 Å². The number of piperazine rings is 1. The molecule has 2 fully saturated rings. The fraction of sp³-hybridized carbons (Fsp3) is 0.562. The van der Waals surface area contributed by atoms with Crippen molar-refractivity contribution >= 4 is 11.7 Å². The Bertz CT molecular complexity index is 477. The molecule has 4 nitrogen and oxygen atoms in total. The van der Waals surface area contributed by atoms with Crippen LogP contribution in [0.1, 0.15) is 19.3 Å². The normalized spacial score (nSPS) is 19.8. The first-order chi connectivity index (χ1) is 10.2. The Morgan fingerprint density at radius 2 is 1.38 bits per heavy atom. The molecule has 2 aliphatic rings. The van der Waals surface area contributed by atoms with Gasteiger partial charge in [-0.1, -0.05) is 0 Å². The van der Waals surface area contributed by atoms with Crippen LogP contribution in [0.5, 0.6) is 0 Å². The van der Waals surface area contributed by atoms with Gasteiger partial charge in [0.1, 0.15) is 5.82 Å². The number of carbonyl (C=O) groups is 1. The Kier molecular flexibility index (Phi) is 4.27. The molecule has 3 rings (SSSR count). The fourth-order valence-corrected chi connectivity index (χ4v) is 3.09. The van der Waals surface area contributed by atoms with Crippen LogP contribution in [0.15, 0.2) is 24.3 Å². The van der Waals surface area contributed by atoms with E-state index in [1.165, 1.54) is 18.6 Å². The molecule has 2 amide bonds. The number of hydrogen-bond donors (Lipinski definition) is 0. The minimum absolute atomic E-state index is 0.188. The van der Waals surface area contributed by atoms with Gasteiger partial charge in [-0.15, -0.1) is 0 Å². The zero-order valence-corrected chi connectivity index (χ0v) is 12.3. The van der Waals surface area contributed by atoms with E-state index in [2.05, 4.69) is 4.90 Å². The Labute approximate surface area is 125 Å². The molecule has 5 heteroatoms. The molecule has 1 aromatic carbocycles. The number of rotatable bonds is 1. The highest BCUT2D eigenvalue weighted by Crippen LogP contribution is 2.18. The zero-order chi connectivity index (χ0) is 14.7. The van der Waals surface area contributed by atoms with Crippen LogP contribution in [-0.4, -0.2) is 55.1 Å². The summed E-state index contributed by atoms with van der Waals surface area (Å²) in [7, 11) is 0. The SMILES string of the molecule is O=C(N1CCCCC1)N1CCN(c2ccc(F)cc2)CC1. The molecule has 2 saturated heterocycles. The van der Waals surface area contributed by atoms with Crippen LogP contribution in [0.25, 0.3) is 0 Å². The lowest BCUT2D eigenvalue weighted by molar-refractivity contribution is 0.141. The van der Waals surface area contributed by atoms with Crippen molar-refractivity contribution in [3.8, 4) is 0 Å². The van der Waals surface area contributed by atoms with Gasteiger partial charge in [-0.25, -0.2) is 9.18 Å². The molecule has 0 radical (unpaired) electrons. The van der Waals surface area contributed by atoms with Gasteiger partial charge in [0.15, 0.2) is 0 Å². The number of benzene rings is 1. The molecule has 114 valence electrons. The van der Waals surface area contributed by atoms with Crippen molar-refractivity contribution in [1.82, 2.24) is 9.80 Å². The van der Waals surface area contributed by atoms with Crippen LogP contribution in [0.4, 0.5) is 14.9 Å². The Morgan fingerprint density at radius 1 is 0.810 bits per heavy atom. The molecule has 21 heavy (non-hydrogen) atoms. The molecule has 0 N–H and O–H groups in total. The van der Waals surface area contributed by atoms with Crippen LogP contribution in [0, 0.1) is 5.82 Å². The number of amides is 2. The van der Waals surface area contributed by atoms with Crippen LogP contribution in [-0.2, 0) is 0 Å². The number of carbonyl (C=O) groups excluding carboxylic acids is 1. The van der Waals surface area contributed by atoms with Gasteiger partial charge in [0.25, 0.3) is 0 Å². The quantitative estimate of drug-likeness (QED) is 0.795. The highest BCUT2D eigenvalue weighted by atomic mass is 19.1. The molecule has 2 heterocycles. The van der Waals surface area contributed by atoms with Gasteiger partial charge in [0, 0.05) is 45.0 Å². The number of halogens is 1. The molecule has 0 aliphatic carbocycles. The van der Waals surface area contributed by atoms with Crippen LogP contribution < -0.4 is 4.90 Å². The molecule has 0 atom stereocenters. The molecule has 0 bridgehead atoms. The molecule has 0 unspecified atom stereocenters. The highest BCUT2D eigenvalue weighted by Gasteiger charge is 2.26. The zero-order valence-electron chi connectivity index (χ0n) is 12.3. The number of likely N-dealkylation sites (tertiary alicyclic amines) is 1. The van der Waals surface area contributed by atoms with Gasteiger partial charge < -0.3 is 14.7 Å². The third-order valence-electron chi connectivity index (χ3n) is 4.37. The molecule has 0 saturated carbocycles. The van der Waals surface area contributed by atoms with Crippen molar-refractivity contribution in [2.75, 3.05) is 44.2 Å². The van der Waals surface area contributed by atoms with E-state index in [1.807, 2.05) is 9.80 Å². The topological polar surface area (TPSA) is 26.8 Å². The van der Waals surface area contributed by atoms with Crippen molar-refractivity contribution < 1.29 is 9.18 Å². The number of piperidine rings is 1. The molecule has 1 aromatic rings. The monoisotopic (exact) mass is 291 g/mol. The summed E-state index contributed by atoms with van der Waals surface area (Å²) in [4.78, 5) is 18.6. The molecule has 0 spiro atoms. The summed E-state index contributed by atoms with van der Waals surface area (Å²) in [5, 5.41) is 0. The van der Waals surface area contributed by atoms with E-state index in [-0.39, 0.29) is 11.8 Å². The first-order valence-electron chi connectivity index (χ1n) is 7.78. The Balaban J connectivity index is 1.54. The van der Waals surface area contributed by atoms with Crippen molar-refractivity contribution in [2.45, 2.75) is 19.3 Å². The average molecular weight is 291 g/mol. The Morgan fingerprint density at radius 3 is 2.00 bits per heavy atom. The maximum absolute atomic E-state index is 13.0. The van der Waals surface area contributed by atoms with Gasteiger partial charge in [-0.2, -0.15) is 0 Å². The van der Waals surface area contributed by atoms with Gasteiger partial charge >= 0.3 is 6.03 Å². The summed E-state index contributed by atoms with van der Waals surface area (Å²) in [6, 6.07) is 6.77. The van der Waals surface area contributed by atoms with Gasteiger partial charge in [0.2, 0.25) is 0 Å². The second-order valence-corrected chi connectivity index (χ2v) is 5.78. The molecular weight excluding hydrogens is 269 g/mol. The standard InChI is InChI=1S/C16H22FN3O/c17-14-4-6-15(7-5-14)18-10-12-20(13-11-18)16(21)19-8-2-1-3-9-19/h4-7H,1-3,8-13H2. The fourth-order valence-electron chi connectivity index (χ4n) is 3.09. The molecule has 0 aromatic heterocycles. The van der Waals surface area contributed by atoms with Crippen LogP contribution in [0.2, 0.25) is 0 Å². The second-order valence-electron chi connectivity index (χ2n) is 5.78. The average Bonchev–Trinajstić information content (AvgIpc) is 2.56. The Hall–Kier alpha value is -1.78. The van der Waals surface area contributed by atoms with Crippen molar-refractivity contribution in [3.63, 3.8) is 0 Å². The lowest BCUT2D eigenvalue weighted by Gasteiger charge is -2.39. The van der Waals surface area contributed by atoms with E-state index in [1.54, 1.807) is 12.1 Å². The summed E-state index contributed by atoms with van der Waals surface area (Å²) in [6.45, 7) is 4.91. The maximum Gasteiger partial charge on any atom is 0.320 e. The first kappa shape index (κ1) is 14.2. The van der Waals surface area contributed by atoms with E-state index in [9.17, 15) is 9.18 Å². The smallest absolute Gasteiger partial charge is 0.320 e. The van der Waals surface area contributed by atoms with E-state index in [0.717, 1.165) is 57.8 Å². The van der Waals surface area contributed by atoms with Crippen molar-refractivity contribution in [1.29, 1.82) is 0 Å². The minimum atomic E-state index is -0.210.